The van der Waals surface area contributed by atoms with Gasteiger partial charge in [-0.1, -0.05) is 0 Å². The third-order valence-corrected chi connectivity index (χ3v) is 5.09. The Morgan fingerprint density at radius 3 is 2.22 bits per heavy atom. The van der Waals surface area contributed by atoms with E-state index in [0.717, 1.165) is 6.07 Å². The molecular weight excluding hydrogens is 479 g/mol. The van der Waals surface area contributed by atoms with Crippen LogP contribution in [0.1, 0.15) is 27.7 Å². The van der Waals surface area contributed by atoms with E-state index in [9.17, 15) is 14.0 Å². The minimum atomic E-state index is -0.708. The van der Waals surface area contributed by atoms with Gasteiger partial charge in [-0.2, -0.15) is 0 Å². The highest BCUT2D eigenvalue weighted by atomic mass is 19.1. The van der Waals surface area contributed by atoms with Crippen molar-refractivity contribution in [3.63, 3.8) is 0 Å². The molecule has 1 aromatic heterocycles. The van der Waals surface area contributed by atoms with E-state index in [1.54, 1.807) is 32.0 Å². The number of nitrogens with zero attached hydrogens (tertiary/aromatic N) is 1. The summed E-state index contributed by atoms with van der Waals surface area (Å²) in [6.07, 6.45) is 2.89. The number of pyridine rings is 1. The molecule has 0 radical (unpaired) electrons. The van der Waals surface area contributed by atoms with Crippen molar-refractivity contribution in [2.24, 2.45) is 0 Å². The lowest BCUT2D eigenvalue weighted by atomic mass is 10.1. The number of rotatable bonds is 10. The topological polar surface area (TPSA) is 111 Å². The Bertz CT molecular complexity index is 1320. The molecule has 2 amide bonds. The molecule has 0 unspecified atom stereocenters. The molecule has 9 nitrogen and oxygen atoms in total. The number of ether oxygens (including phenoxy) is 3. The molecule has 0 saturated heterocycles. The molecule has 2 aromatic carbocycles. The zero-order valence-electron chi connectivity index (χ0n) is 21.6. The van der Waals surface area contributed by atoms with Crippen LogP contribution in [0.15, 0.2) is 54.4 Å². The molecule has 3 rings (SSSR count). The maximum absolute atomic E-state index is 15.0. The van der Waals surface area contributed by atoms with Gasteiger partial charge in [0.05, 0.1) is 19.7 Å². The van der Waals surface area contributed by atoms with Crippen LogP contribution >= 0.6 is 0 Å². The molecule has 0 saturated carbocycles. The number of aromatic nitrogens is 1. The fourth-order valence-electron chi connectivity index (χ4n) is 3.34. The lowest BCUT2D eigenvalue weighted by molar-refractivity contribution is -0.121. The van der Waals surface area contributed by atoms with E-state index in [4.69, 9.17) is 14.2 Å². The second-order valence-electron chi connectivity index (χ2n) is 8.74. The second kappa shape index (κ2) is 12.1. The van der Waals surface area contributed by atoms with Crippen molar-refractivity contribution in [3.8, 4) is 23.0 Å². The summed E-state index contributed by atoms with van der Waals surface area (Å²) >= 11 is 0. The number of benzene rings is 2. The number of methoxy groups -OCH3 is 2. The van der Waals surface area contributed by atoms with Gasteiger partial charge in [0.2, 0.25) is 0 Å². The van der Waals surface area contributed by atoms with Gasteiger partial charge in [0.25, 0.3) is 11.8 Å². The molecule has 37 heavy (non-hydrogen) atoms. The van der Waals surface area contributed by atoms with Crippen LogP contribution in [0.3, 0.4) is 0 Å². The van der Waals surface area contributed by atoms with Gasteiger partial charge in [-0.3, -0.25) is 14.6 Å². The van der Waals surface area contributed by atoms with Crippen molar-refractivity contribution in [1.29, 1.82) is 0 Å². The summed E-state index contributed by atoms with van der Waals surface area (Å²) < 4.78 is 31.5. The van der Waals surface area contributed by atoms with Crippen LogP contribution in [-0.2, 0) is 9.59 Å². The predicted octanol–water partition coefficient (Wildman–Crippen LogP) is 4.53. The van der Waals surface area contributed by atoms with E-state index in [0.29, 0.717) is 28.2 Å². The highest BCUT2D eigenvalue weighted by Crippen LogP contribution is 2.37. The van der Waals surface area contributed by atoms with Crippen LogP contribution in [-0.4, -0.2) is 43.1 Å². The number of halogens is 1. The largest absolute Gasteiger partial charge is 0.493 e. The summed E-state index contributed by atoms with van der Waals surface area (Å²) in [5, 5.41) is 8.79. The number of hydrogen-bond acceptors (Lipinski definition) is 7. The summed E-state index contributed by atoms with van der Waals surface area (Å²) in [7, 11) is 3.04. The van der Waals surface area contributed by atoms with Gasteiger partial charge < -0.3 is 30.2 Å². The highest BCUT2D eigenvalue weighted by molar-refractivity contribution is 6.22. The summed E-state index contributed by atoms with van der Waals surface area (Å²) in [6, 6.07) is 8.84. The second-order valence-corrected chi connectivity index (χ2v) is 8.74. The Balaban J connectivity index is 1.84. The Hall–Kier alpha value is -4.34. The van der Waals surface area contributed by atoms with Crippen molar-refractivity contribution >= 4 is 28.4 Å². The first kappa shape index (κ1) is 27.3. The third kappa shape index (κ3) is 6.87. The molecular formula is C27H31FN4O5. The van der Waals surface area contributed by atoms with Gasteiger partial charge >= 0.3 is 0 Å². The number of amides is 2. The van der Waals surface area contributed by atoms with E-state index in [1.165, 1.54) is 38.7 Å². The maximum Gasteiger partial charge on any atom is 0.262 e. The van der Waals surface area contributed by atoms with E-state index >= 15 is 0 Å². The normalized spacial score (nSPS) is 11.4. The predicted molar refractivity (Wildman–Crippen MR) is 140 cm³/mol. The first-order chi connectivity index (χ1) is 17.6. The minimum absolute atomic E-state index is 0.00819. The highest BCUT2D eigenvalue weighted by Gasteiger charge is 2.20. The molecule has 196 valence electrons. The van der Waals surface area contributed by atoms with Crippen LogP contribution in [0.25, 0.3) is 10.9 Å². The number of fused-ring (bicyclic) bond motifs is 1. The van der Waals surface area contributed by atoms with Gasteiger partial charge in [-0.05, 0) is 52.0 Å². The number of carbonyl (C=O) groups excluding carboxylic acids is 2. The van der Waals surface area contributed by atoms with Crippen molar-refractivity contribution in [3.05, 3.63) is 60.2 Å². The Kier molecular flexibility index (Phi) is 8.89. The van der Waals surface area contributed by atoms with Crippen LogP contribution in [0.4, 0.5) is 10.1 Å². The Morgan fingerprint density at radius 2 is 1.59 bits per heavy atom. The first-order valence-electron chi connectivity index (χ1n) is 11.7. The molecule has 0 fully saturated rings. The van der Waals surface area contributed by atoms with Gasteiger partial charge in [0, 0.05) is 47.7 Å². The van der Waals surface area contributed by atoms with Gasteiger partial charge in [-0.25, -0.2) is 4.39 Å². The van der Waals surface area contributed by atoms with Crippen LogP contribution in [0, 0.1) is 5.82 Å². The van der Waals surface area contributed by atoms with Crippen molar-refractivity contribution < 1.29 is 28.2 Å². The molecule has 3 aromatic rings. The smallest absolute Gasteiger partial charge is 0.262 e. The first-order valence-corrected chi connectivity index (χ1v) is 11.7. The van der Waals surface area contributed by atoms with Gasteiger partial charge in [0.15, 0.2) is 23.1 Å². The van der Waals surface area contributed by atoms with Crippen molar-refractivity contribution in [2.75, 3.05) is 19.5 Å². The molecule has 0 bridgehead atoms. The standard InChI is InChI=1S/C27H31FN4O5/c1-15(2)30-14-19(26(33)31-16(3)4)27(34)32-17-7-8-23(20(28)11-17)37-22-9-10-29-21-13-25(36-6)24(35-5)12-18(21)22/h7-16,30H,1-6H3,(H,31,33)(H,32,34)/b19-14+. The van der Waals surface area contributed by atoms with Crippen LogP contribution in [0.2, 0.25) is 0 Å². The number of hydrogen-bond donors (Lipinski definition) is 3. The number of anilines is 1. The molecule has 3 N–H and O–H groups in total. The van der Waals surface area contributed by atoms with Crippen molar-refractivity contribution in [2.45, 2.75) is 39.8 Å². The zero-order valence-corrected chi connectivity index (χ0v) is 21.6. The third-order valence-electron chi connectivity index (χ3n) is 5.09. The molecule has 10 heteroatoms. The van der Waals surface area contributed by atoms with Crippen LogP contribution < -0.4 is 30.2 Å². The average molecular weight is 511 g/mol. The Morgan fingerprint density at radius 1 is 0.892 bits per heavy atom. The zero-order chi connectivity index (χ0) is 27.1. The molecule has 0 spiro atoms. The van der Waals surface area contributed by atoms with Gasteiger partial charge in [0.1, 0.15) is 11.3 Å². The minimum Gasteiger partial charge on any atom is -0.493 e. The quantitative estimate of drug-likeness (QED) is 0.209. The fourth-order valence-corrected chi connectivity index (χ4v) is 3.34. The molecule has 0 aliphatic heterocycles. The maximum atomic E-state index is 15.0. The molecule has 0 aliphatic rings. The molecule has 0 atom stereocenters. The van der Waals surface area contributed by atoms with E-state index < -0.39 is 17.6 Å². The number of nitrogens with one attached hydrogen (secondary N) is 3. The summed E-state index contributed by atoms with van der Waals surface area (Å²) in [6.45, 7) is 7.32. The fraction of sp³-hybridized carbons (Fsp3) is 0.296. The van der Waals surface area contributed by atoms with Crippen molar-refractivity contribution in [1.82, 2.24) is 15.6 Å². The average Bonchev–Trinajstić information content (AvgIpc) is 2.84. The summed E-state index contributed by atoms with van der Waals surface area (Å²) in [5.74, 6) is -0.653. The van der Waals surface area contributed by atoms with E-state index in [2.05, 4.69) is 20.9 Å². The van der Waals surface area contributed by atoms with Crippen LogP contribution in [0.5, 0.6) is 23.0 Å². The SMILES string of the molecule is COc1cc2nccc(Oc3ccc(NC(=O)/C(=C/NC(C)C)C(=O)NC(C)C)cc3F)c2cc1OC. The molecule has 1 heterocycles. The van der Waals surface area contributed by atoms with E-state index in [1.807, 2.05) is 13.8 Å². The van der Waals surface area contributed by atoms with Gasteiger partial charge in [-0.15, -0.1) is 0 Å². The molecule has 0 aliphatic carbocycles. The number of carbonyl (C=O) groups is 2. The lowest BCUT2D eigenvalue weighted by Crippen LogP contribution is -2.36. The summed E-state index contributed by atoms with van der Waals surface area (Å²) in [4.78, 5) is 29.7. The summed E-state index contributed by atoms with van der Waals surface area (Å²) in [5.41, 5.74) is 0.609. The lowest BCUT2D eigenvalue weighted by Gasteiger charge is -2.15. The Labute approximate surface area is 215 Å². The van der Waals surface area contributed by atoms with E-state index in [-0.39, 0.29) is 29.1 Å². The monoisotopic (exact) mass is 510 g/mol.